The first-order chi connectivity index (χ1) is 9.08. The van der Waals surface area contributed by atoms with Crippen molar-refractivity contribution < 1.29 is 18.0 Å². The number of hydrogen-bond acceptors (Lipinski definition) is 3. The highest BCUT2D eigenvalue weighted by atomic mass is 19.2. The number of amides is 2. The number of halogens is 3. The van der Waals surface area contributed by atoms with Gasteiger partial charge in [0.15, 0.2) is 11.6 Å². The van der Waals surface area contributed by atoms with Crippen molar-refractivity contribution in [3.8, 4) is 0 Å². The fraction of sp³-hybridized carbons (Fsp3) is 0. The van der Waals surface area contributed by atoms with Crippen LogP contribution in [-0.4, -0.2) is 16.0 Å². The third kappa shape index (κ3) is 2.97. The lowest BCUT2D eigenvalue weighted by Crippen LogP contribution is -2.21. The summed E-state index contributed by atoms with van der Waals surface area (Å²) < 4.78 is 39.4. The minimum absolute atomic E-state index is 0.129. The number of hydrogen-bond donors (Lipinski definition) is 2. The Kier molecular flexibility index (Phi) is 3.60. The summed E-state index contributed by atoms with van der Waals surface area (Å²) in [5.41, 5.74) is -0.869. The van der Waals surface area contributed by atoms with Crippen LogP contribution in [0.15, 0.2) is 30.7 Å². The van der Waals surface area contributed by atoms with Gasteiger partial charge in [-0.3, -0.25) is 5.32 Å². The van der Waals surface area contributed by atoms with Gasteiger partial charge in [-0.25, -0.2) is 27.9 Å². The molecule has 0 saturated carbocycles. The second-order valence-corrected chi connectivity index (χ2v) is 3.39. The van der Waals surface area contributed by atoms with E-state index in [-0.39, 0.29) is 5.82 Å². The summed E-state index contributed by atoms with van der Waals surface area (Å²) in [5, 5.41) is 4.07. The zero-order chi connectivity index (χ0) is 13.8. The van der Waals surface area contributed by atoms with E-state index in [0.29, 0.717) is 12.1 Å². The molecule has 1 aromatic heterocycles. The van der Waals surface area contributed by atoms with E-state index in [2.05, 4.69) is 15.3 Å². The topological polar surface area (TPSA) is 66.9 Å². The Bertz CT molecular complexity index is 606. The van der Waals surface area contributed by atoms with Crippen LogP contribution in [-0.2, 0) is 0 Å². The maximum Gasteiger partial charge on any atom is 0.325 e. The first-order valence-corrected chi connectivity index (χ1v) is 5.05. The molecule has 5 nitrogen and oxygen atoms in total. The van der Waals surface area contributed by atoms with Crippen molar-refractivity contribution in [3.05, 3.63) is 48.2 Å². The summed E-state index contributed by atoms with van der Waals surface area (Å²) in [4.78, 5) is 18.8. The largest absolute Gasteiger partial charge is 0.325 e. The maximum absolute atomic E-state index is 13.3. The molecule has 0 bridgehead atoms. The van der Waals surface area contributed by atoms with Gasteiger partial charge in [-0.05, 0) is 18.2 Å². The summed E-state index contributed by atoms with van der Waals surface area (Å²) in [6.45, 7) is 0. The number of carbonyl (C=O) groups excluding carboxylic acids is 1. The van der Waals surface area contributed by atoms with E-state index in [1.807, 2.05) is 5.32 Å². The van der Waals surface area contributed by atoms with Gasteiger partial charge in [0.2, 0.25) is 0 Å². The van der Waals surface area contributed by atoms with Gasteiger partial charge in [-0.15, -0.1) is 0 Å². The molecule has 2 amide bonds. The molecule has 8 heteroatoms. The standard InChI is InChI=1S/C11H7F3N4O/c12-6-1-2-7(13)10(9(6)14)18-11(19)17-8-3-4-15-5-16-8/h1-5H,(H2,15,16,17,18,19). The lowest BCUT2D eigenvalue weighted by atomic mass is 10.3. The Labute approximate surface area is 105 Å². The Morgan fingerprint density at radius 3 is 2.47 bits per heavy atom. The number of benzene rings is 1. The summed E-state index contributed by atoms with van der Waals surface area (Å²) >= 11 is 0. The molecule has 0 aliphatic rings. The molecular weight excluding hydrogens is 261 g/mol. The van der Waals surface area contributed by atoms with Gasteiger partial charge in [0.25, 0.3) is 0 Å². The van der Waals surface area contributed by atoms with Crippen LogP contribution in [0.5, 0.6) is 0 Å². The maximum atomic E-state index is 13.3. The molecule has 0 spiro atoms. The molecule has 0 unspecified atom stereocenters. The van der Waals surface area contributed by atoms with Crippen LogP contribution in [0.25, 0.3) is 0 Å². The quantitative estimate of drug-likeness (QED) is 0.822. The summed E-state index contributed by atoms with van der Waals surface area (Å²) in [5.74, 6) is -3.70. The Balaban J connectivity index is 2.14. The molecule has 98 valence electrons. The third-order valence-corrected chi connectivity index (χ3v) is 2.11. The minimum Gasteiger partial charge on any atom is -0.302 e. The molecule has 1 heterocycles. The molecule has 0 fully saturated rings. The second kappa shape index (κ2) is 5.34. The summed E-state index contributed by atoms with van der Waals surface area (Å²) in [6.07, 6.45) is 2.55. The highest BCUT2D eigenvalue weighted by molar-refractivity contribution is 5.99. The molecule has 0 aliphatic carbocycles. The summed E-state index contributed by atoms with van der Waals surface area (Å²) in [6, 6.07) is 1.75. The normalized spacial score (nSPS) is 10.1. The third-order valence-electron chi connectivity index (χ3n) is 2.11. The first-order valence-electron chi connectivity index (χ1n) is 5.05. The van der Waals surface area contributed by atoms with Crippen LogP contribution < -0.4 is 10.6 Å². The molecule has 19 heavy (non-hydrogen) atoms. The Hall–Kier alpha value is -2.64. The van der Waals surface area contributed by atoms with Crippen molar-refractivity contribution in [2.45, 2.75) is 0 Å². The predicted molar refractivity (Wildman–Crippen MR) is 61.0 cm³/mol. The van der Waals surface area contributed by atoms with Crippen molar-refractivity contribution in [1.29, 1.82) is 0 Å². The van der Waals surface area contributed by atoms with E-state index in [4.69, 9.17) is 0 Å². The molecule has 2 aromatic rings. The lowest BCUT2D eigenvalue weighted by molar-refractivity contribution is 0.262. The fourth-order valence-electron chi connectivity index (χ4n) is 1.27. The number of urea groups is 1. The molecule has 2 rings (SSSR count). The average Bonchev–Trinajstić information content (AvgIpc) is 2.40. The number of anilines is 2. The van der Waals surface area contributed by atoms with E-state index in [1.54, 1.807) is 0 Å². The van der Waals surface area contributed by atoms with E-state index in [9.17, 15) is 18.0 Å². The Morgan fingerprint density at radius 2 is 1.79 bits per heavy atom. The Morgan fingerprint density at radius 1 is 1.05 bits per heavy atom. The van der Waals surface area contributed by atoms with Crippen molar-refractivity contribution in [3.63, 3.8) is 0 Å². The number of aromatic nitrogens is 2. The van der Waals surface area contributed by atoms with Crippen molar-refractivity contribution in [1.82, 2.24) is 9.97 Å². The van der Waals surface area contributed by atoms with Crippen LogP contribution in [0.2, 0.25) is 0 Å². The molecule has 1 aromatic carbocycles. The molecule has 0 aliphatic heterocycles. The number of nitrogens with zero attached hydrogens (tertiary/aromatic N) is 2. The zero-order valence-corrected chi connectivity index (χ0v) is 9.32. The molecule has 0 saturated heterocycles. The summed E-state index contributed by atoms with van der Waals surface area (Å²) in [7, 11) is 0. The van der Waals surface area contributed by atoms with Gasteiger partial charge in [0, 0.05) is 6.20 Å². The van der Waals surface area contributed by atoms with Gasteiger partial charge in [0.1, 0.15) is 23.6 Å². The monoisotopic (exact) mass is 268 g/mol. The van der Waals surface area contributed by atoms with Crippen LogP contribution in [0.3, 0.4) is 0 Å². The van der Waals surface area contributed by atoms with Crippen LogP contribution in [0, 0.1) is 17.5 Å². The van der Waals surface area contributed by atoms with E-state index >= 15 is 0 Å². The van der Waals surface area contributed by atoms with E-state index < -0.39 is 29.2 Å². The van der Waals surface area contributed by atoms with Crippen LogP contribution >= 0.6 is 0 Å². The van der Waals surface area contributed by atoms with Crippen molar-refractivity contribution in [2.24, 2.45) is 0 Å². The highest BCUT2D eigenvalue weighted by Gasteiger charge is 2.16. The molecule has 0 atom stereocenters. The molecular formula is C11H7F3N4O. The SMILES string of the molecule is O=C(Nc1ccncn1)Nc1c(F)ccc(F)c1F. The number of rotatable bonds is 2. The van der Waals surface area contributed by atoms with Crippen LogP contribution in [0.4, 0.5) is 29.5 Å². The first kappa shape index (κ1) is 12.8. The fourth-order valence-corrected chi connectivity index (χ4v) is 1.27. The number of carbonyl (C=O) groups is 1. The minimum atomic E-state index is -1.47. The van der Waals surface area contributed by atoms with Gasteiger partial charge in [-0.1, -0.05) is 0 Å². The molecule has 2 N–H and O–H groups in total. The van der Waals surface area contributed by atoms with Gasteiger partial charge >= 0.3 is 6.03 Å². The second-order valence-electron chi connectivity index (χ2n) is 3.39. The van der Waals surface area contributed by atoms with E-state index in [1.165, 1.54) is 18.6 Å². The van der Waals surface area contributed by atoms with Gasteiger partial charge in [-0.2, -0.15) is 0 Å². The number of nitrogens with one attached hydrogen (secondary N) is 2. The average molecular weight is 268 g/mol. The molecule has 0 radical (unpaired) electrons. The van der Waals surface area contributed by atoms with Crippen molar-refractivity contribution in [2.75, 3.05) is 10.6 Å². The van der Waals surface area contributed by atoms with E-state index in [0.717, 1.165) is 0 Å². The highest BCUT2D eigenvalue weighted by Crippen LogP contribution is 2.21. The van der Waals surface area contributed by atoms with Crippen LogP contribution in [0.1, 0.15) is 0 Å². The lowest BCUT2D eigenvalue weighted by Gasteiger charge is -2.08. The van der Waals surface area contributed by atoms with Gasteiger partial charge < -0.3 is 5.32 Å². The predicted octanol–water partition coefficient (Wildman–Crippen LogP) is 2.54. The van der Waals surface area contributed by atoms with Gasteiger partial charge in [0.05, 0.1) is 0 Å². The smallest absolute Gasteiger partial charge is 0.302 e. The zero-order valence-electron chi connectivity index (χ0n) is 9.32. The van der Waals surface area contributed by atoms with Crippen molar-refractivity contribution >= 4 is 17.5 Å².